The zero-order valence-corrected chi connectivity index (χ0v) is 13.4. The Labute approximate surface area is 129 Å². The lowest BCUT2D eigenvalue weighted by molar-refractivity contribution is 0.0418. The molecule has 2 N–H and O–H groups in total. The number of ether oxygens (including phenoxy) is 2. The summed E-state index contributed by atoms with van der Waals surface area (Å²) in [5.74, 6) is -1.05. The molecule has 22 heavy (non-hydrogen) atoms. The third-order valence-corrected chi connectivity index (χ3v) is 3.68. The first-order valence-corrected chi connectivity index (χ1v) is 7.03. The van der Waals surface area contributed by atoms with E-state index < -0.39 is 11.9 Å². The van der Waals surface area contributed by atoms with Crippen molar-refractivity contribution in [1.82, 2.24) is 0 Å². The zero-order chi connectivity index (χ0) is 16.9. The average molecular weight is 310 g/mol. The van der Waals surface area contributed by atoms with Gasteiger partial charge in [0, 0.05) is 0 Å². The molecule has 0 aliphatic heterocycles. The molecule has 0 bridgehead atoms. The fraction of sp³-hybridized carbons (Fsp3) is 0.500. The van der Waals surface area contributed by atoms with Crippen molar-refractivity contribution >= 4 is 11.9 Å². The quantitative estimate of drug-likeness (QED) is 0.767. The fourth-order valence-corrected chi connectivity index (χ4v) is 2.35. The number of hydrogen-bond donors (Lipinski definition) is 2. The van der Waals surface area contributed by atoms with E-state index in [4.69, 9.17) is 19.7 Å². The Bertz CT molecular complexity index is 496. The summed E-state index contributed by atoms with van der Waals surface area (Å²) in [6, 6.07) is 0. The molecule has 122 valence electrons. The standard InChI is InChI=1S/C16H22O6/c1-9-10(2)14(16(20)22-8-6-18)12(4)11(3)13(9)15(19)21-7-5-17/h17-18H,5-8H2,1-4H3. The molecule has 0 saturated heterocycles. The van der Waals surface area contributed by atoms with Crippen LogP contribution in [0.3, 0.4) is 0 Å². The highest BCUT2D eigenvalue weighted by atomic mass is 16.5. The van der Waals surface area contributed by atoms with Crippen molar-refractivity contribution in [2.45, 2.75) is 27.7 Å². The predicted octanol–water partition coefficient (Wildman–Crippen LogP) is 1.22. The molecule has 0 saturated carbocycles. The van der Waals surface area contributed by atoms with Gasteiger partial charge in [-0.3, -0.25) is 0 Å². The molecule has 6 heteroatoms. The van der Waals surface area contributed by atoms with E-state index in [-0.39, 0.29) is 26.4 Å². The van der Waals surface area contributed by atoms with E-state index in [1.54, 1.807) is 27.7 Å². The minimum Gasteiger partial charge on any atom is -0.460 e. The van der Waals surface area contributed by atoms with Gasteiger partial charge in [-0.1, -0.05) is 0 Å². The number of aliphatic hydroxyl groups is 2. The van der Waals surface area contributed by atoms with Crippen molar-refractivity contribution in [3.8, 4) is 0 Å². The van der Waals surface area contributed by atoms with Gasteiger partial charge in [0.25, 0.3) is 0 Å². The van der Waals surface area contributed by atoms with E-state index in [1.807, 2.05) is 0 Å². The van der Waals surface area contributed by atoms with Crippen molar-refractivity contribution in [2.24, 2.45) is 0 Å². The Morgan fingerprint density at radius 2 is 1.00 bits per heavy atom. The molecule has 0 radical (unpaired) electrons. The molecule has 0 aliphatic carbocycles. The minimum absolute atomic E-state index is 0.0733. The van der Waals surface area contributed by atoms with Gasteiger partial charge < -0.3 is 19.7 Å². The first-order chi connectivity index (χ1) is 10.4. The normalized spacial score (nSPS) is 10.5. The van der Waals surface area contributed by atoms with Crippen LogP contribution in [0.5, 0.6) is 0 Å². The second kappa shape index (κ2) is 7.91. The molecule has 0 atom stereocenters. The highest BCUT2D eigenvalue weighted by Crippen LogP contribution is 2.28. The maximum Gasteiger partial charge on any atom is 0.338 e. The number of hydrogen-bond acceptors (Lipinski definition) is 6. The van der Waals surface area contributed by atoms with E-state index in [2.05, 4.69) is 0 Å². The smallest absolute Gasteiger partial charge is 0.338 e. The zero-order valence-electron chi connectivity index (χ0n) is 13.4. The Kier molecular flexibility index (Phi) is 6.52. The number of aliphatic hydroxyl groups excluding tert-OH is 2. The molecule has 0 heterocycles. The molecule has 0 aromatic heterocycles. The highest BCUT2D eigenvalue weighted by Gasteiger charge is 2.24. The number of esters is 2. The lowest BCUT2D eigenvalue weighted by atomic mass is 9.89. The van der Waals surface area contributed by atoms with Crippen molar-refractivity contribution < 1.29 is 29.3 Å². The number of rotatable bonds is 6. The summed E-state index contributed by atoms with van der Waals surface area (Å²) in [7, 11) is 0. The van der Waals surface area contributed by atoms with Gasteiger partial charge >= 0.3 is 11.9 Å². The topological polar surface area (TPSA) is 93.1 Å². The SMILES string of the molecule is Cc1c(C)c(C(=O)OCCO)c(C)c(C)c1C(=O)OCCO. The molecule has 1 aromatic rings. The van der Waals surface area contributed by atoms with Crippen LogP contribution in [-0.2, 0) is 9.47 Å². The largest absolute Gasteiger partial charge is 0.460 e. The third-order valence-electron chi connectivity index (χ3n) is 3.68. The molecular formula is C16H22O6. The van der Waals surface area contributed by atoms with Gasteiger partial charge in [0.15, 0.2) is 0 Å². The van der Waals surface area contributed by atoms with Crippen molar-refractivity contribution in [2.75, 3.05) is 26.4 Å². The van der Waals surface area contributed by atoms with Gasteiger partial charge in [-0.15, -0.1) is 0 Å². The Hall–Kier alpha value is -1.92. The van der Waals surface area contributed by atoms with Crippen LogP contribution in [0.15, 0.2) is 0 Å². The van der Waals surface area contributed by atoms with Crippen LogP contribution in [0, 0.1) is 27.7 Å². The summed E-state index contributed by atoms with van der Waals surface area (Å²) < 4.78 is 9.95. The molecule has 0 unspecified atom stereocenters. The second-order valence-electron chi connectivity index (χ2n) is 4.97. The monoisotopic (exact) mass is 310 g/mol. The molecular weight excluding hydrogens is 288 g/mol. The first-order valence-electron chi connectivity index (χ1n) is 7.03. The molecule has 0 amide bonds. The molecule has 0 aliphatic rings. The summed E-state index contributed by atoms with van der Waals surface area (Å²) in [5, 5.41) is 17.5. The number of carbonyl (C=O) groups excluding carboxylic acids is 2. The maximum atomic E-state index is 12.1. The van der Waals surface area contributed by atoms with Crippen LogP contribution < -0.4 is 0 Å². The summed E-state index contributed by atoms with van der Waals surface area (Å²) in [5.41, 5.74) is 3.37. The maximum absolute atomic E-state index is 12.1. The van der Waals surface area contributed by atoms with E-state index in [9.17, 15) is 9.59 Å². The van der Waals surface area contributed by atoms with E-state index >= 15 is 0 Å². The van der Waals surface area contributed by atoms with Crippen molar-refractivity contribution in [1.29, 1.82) is 0 Å². The van der Waals surface area contributed by atoms with E-state index in [0.29, 0.717) is 33.4 Å². The van der Waals surface area contributed by atoms with Crippen molar-refractivity contribution in [3.05, 3.63) is 33.4 Å². The van der Waals surface area contributed by atoms with Crippen LogP contribution in [0.25, 0.3) is 0 Å². The molecule has 6 nitrogen and oxygen atoms in total. The lowest BCUT2D eigenvalue weighted by Crippen LogP contribution is -2.18. The summed E-state index contributed by atoms with van der Waals surface area (Å²) in [6.07, 6.45) is 0. The molecule has 1 aromatic carbocycles. The Morgan fingerprint density at radius 1 is 0.727 bits per heavy atom. The van der Waals surface area contributed by atoms with Crippen LogP contribution >= 0.6 is 0 Å². The van der Waals surface area contributed by atoms with Crippen LogP contribution in [0.4, 0.5) is 0 Å². The van der Waals surface area contributed by atoms with Gasteiger partial charge in [0.1, 0.15) is 13.2 Å². The number of benzene rings is 1. The third kappa shape index (κ3) is 3.64. The summed E-state index contributed by atoms with van der Waals surface area (Å²) >= 11 is 0. The van der Waals surface area contributed by atoms with Crippen LogP contribution in [-0.4, -0.2) is 48.6 Å². The van der Waals surface area contributed by atoms with Gasteiger partial charge in [-0.25, -0.2) is 9.59 Å². The summed E-state index contributed by atoms with van der Waals surface area (Å²) in [6.45, 7) is 6.31. The minimum atomic E-state index is -0.523. The summed E-state index contributed by atoms with van der Waals surface area (Å²) in [4.78, 5) is 24.2. The highest BCUT2D eigenvalue weighted by molar-refractivity contribution is 5.99. The molecule has 0 spiro atoms. The average Bonchev–Trinajstić information content (AvgIpc) is 2.49. The second-order valence-corrected chi connectivity index (χ2v) is 4.97. The first kappa shape index (κ1) is 18.1. The van der Waals surface area contributed by atoms with Gasteiger partial charge in [0.2, 0.25) is 0 Å². The predicted molar refractivity (Wildman–Crippen MR) is 80.1 cm³/mol. The van der Waals surface area contributed by atoms with Crippen LogP contribution in [0.1, 0.15) is 43.0 Å². The van der Waals surface area contributed by atoms with E-state index in [0.717, 1.165) is 0 Å². The number of carbonyl (C=O) groups is 2. The van der Waals surface area contributed by atoms with E-state index in [1.165, 1.54) is 0 Å². The van der Waals surface area contributed by atoms with Gasteiger partial charge in [-0.05, 0) is 49.9 Å². The van der Waals surface area contributed by atoms with Gasteiger partial charge in [0.05, 0.1) is 24.3 Å². The Balaban J connectivity index is 3.32. The fourth-order valence-electron chi connectivity index (χ4n) is 2.35. The lowest BCUT2D eigenvalue weighted by Gasteiger charge is -2.18. The molecule has 1 rings (SSSR count). The van der Waals surface area contributed by atoms with Crippen LogP contribution in [0.2, 0.25) is 0 Å². The molecule has 0 fully saturated rings. The van der Waals surface area contributed by atoms with Crippen molar-refractivity contribution in [3.63, 3.8) is 0 Å². The van der Waals surface area contributed by atoms with Gasteiger partial charge in [-0.2, -0.15) is 0 Å². The Morgan fingerprint density at radius 3 is 1.23 bits per heavy atom.